The topological polar surface area (TPSA) is 18.5 Å². The highest BCUT2D eigenvalue weighted by Gasteiger charge is 2.42. The van der Waals surface area contributed by atoms with Crippen molar-refractivity contribution in [3.05, 3.63) is 82.9 Å². The third-order valence-electron chi connectivity index (χ3n) is 10.0. The molecule has 11 heteroatoms. The van der Waals surface area contributed by atoms with Gasteiger partial charge in [-0.1, -0.05) is 51.5 Å². The highest BCUT2D eigenvalue weighted by molar-refractivity contribution is 5.66. The molecule has 0 N–H and O–H groups in total. The third-order valence-corrected chi connectivity index (χ3v) is 10.0. The van der Waals surface area contributed by atoms with Crippen LogP contribution in [0.15, 0.2) is 48.5 Å². The Morgan fingerprint density at radius 3 is 1.83 bits per heavy atom. The van der Waals surface area contributed by atoms with Gasteiger partial charge in [0.15, 0.2) is 11.6 Å². The Labute approximate surface area is 274 Å². The third kappa shape index (κ3) is 8.80. The number of halogens is 9. The zero-order valence-electron chi connectivity index (χ0n) is 26.6. The highest BCUT2D eigenvalue weighted by Crippen LogP contribution is 2.46. The number of hydrogen-bond donors (Lipinski definition) is 0. The fraction of sp³-hybridized carbons (Fsp3) is 0.514. The van der Waals surface area contributed by atoms with Gasteiger partial charge in [0.05, 0.1) is 0 Å². The summed E-state index contributed by atoms with van der Waals surface area (Å²) in [7, 11) is 0. The lowest BCUT2D eigenvalue weighted by Crippen LogP contribution is -2.27. The molecule has 0 radical (unpaired) electrons. The molecule has 0 aliphatic heterocycles. The number of ether oxygens (including phenoxy) is 2. The molecule has 262 valence electrons. The van der Waals surface area contributed by atoms with E-state index in [4.69, 9.17) is 0 Å². The number of rotatable bonds is 11. The van der Waals surface area contributed by atoms with Crippen LogP contribution in [0, 0.1) is 41.0 Å². The zero-order valence-corrected chi connectivity index (χ0v) is 26.6. The molecule has 3 aromatic rings. The average Bonchev–Trinajstić information content (AvgIpc) is 3.01. The summed E-state index contributed by atoms with van der Waals surface area (Å²) >= 11 is 0. The van der Waals surface area contributed by atoms with Crippen LogP contribution in [0.25, 0.3) is 11.1 Å². The predicted octanol–water partition coefficient (Wildman–Crippen LogP) is 12.6. The lowest BCUT2D eigenvalue weighted by atomic mass is 9.68. The molecule has 0 bridgehead atoms. The number of benzene rings is 3. The van der Waals surface area contributed by atoms with Crippen molar-refractivity contribution in [2.45, 2.75) is 102 Å². The van der Waals surface area contributed by atoms with Crippen molar-refractivity contribution in [2.24, 2.45) is 17.8 Å². The molecule has 0 aromatic heterocycles. The molecule has 3 aromatic carbocycles. The molecule has 0 spiro atoms. The van der Waals surface area contributed by atoms with Gasteiger partial charge in [0, 0.05) is 11.6 Å². The maximum absolute atomic E-state index is 15.1. The molecule has 0 atom stereocenters. The van der Waals surface area contributed by atoms with Crippen LogP contribution in [-0.2, 0) is 6.11 Å². The molecule has 2 aliphatic carbocycles. The molecule has 2 nitrogen and oxygen atoms in total. The van der Waals surface area contributed by atoms with Gasteiger partial charge in [-0.15, -0.1) is 13.2 Å². The molecule has 0 amide bonds. The lowest BCUT2D eigenvalue weighted by molar-refractivity contribution is -0.275. The number of hydrogen-bond acceptors (Lipinski definition) is 2. The van der Waals surface area contributed by atoms with Crippen molar-refractivity contribution in [2.75, 3.05) is 0 Å². The van der Waals surface area contributed by atoms with E-state index in [0.717, 1.165) is 61.9 Å². The van der Waals surface area contributed by atoms with Crippen LogP contribution >= 0.6 is 0 Å². The molecular weight excluding hydrogens is 647 g/mol. The summed E-state index contributed by atoms with van der Waals surface area (Å²) in [6, 6.07) is 6.29. The van der Waals surface area contributed by atoms with E-state index in [9.17, 15) is 22.0 Å². The number of unbranched alkanes of at least 4 members (excludes halogenated alkanes) is 2. The predicted molar refractivity (Wildman–Crippen MR) is 164 cm³/mol. The molecule has 2 saturated carbocycles. The van der Waals surface area contributed by atoms with Gasteiger partial charge in [0.2, 0.25) is 0 Å². The fourth-order valence-corrected chi connectivity index (χ4v) is 7.53. The summed E-state index contributed by atoms with van der Waals surface area (Å²) in [4.78, 5) is 0. The van der Waals surface area contributed by atoms with E-state index in [2.05, 4.69) is 16.4 Å². The minimum atomic E-state index is -5.15. The van der Waals surface area contributed by atoms with Crippen LogP contribution in [0.3, 0.4) is 0 Å². The molecule has 48 heavy (non-hydrogen) atoms. The van der Waals surface area contributed by atoms with Crippen molar-refractivity contribution in [1.29, 1.82) is 0 Å². The highest BCUT2D eigenvalue weighted by atomic mass is 19.4. The molecule has 0 saturated heterocycles. The zero-order chi connectivity index (χ0) is 34.6. The molecule has 0 unspecified atom stereocenters. The van der Waals surface area contributed by atoms with Crippen molar-refractivity contribution >= 4 is 0 Å². The normalized spacial score (nSPS) is 22.0. The lowest BCUT2D eigenvalue weighted by Gasteiger charge is -2.38. The van der Waals surface area contributed by atoms with E-state index in [1.807, 2.05) is 0 Å². The largest absolute Gasteiger partial charge is 0.573 e. The Hall–Kier alpha value is -3.37. The Morgan fingerprint density at radius 1 is 0.646 bits per heavy atom. The Bertz CT molecular complexity index is 1520. The molecule has 0 heterocycles. The van der Waals surface area contributed by atoms with E-state index in [0.29, 0.717) is 35.6 Å². The average molecular weight is 687 g/mol. The standard InChI is InChI=1S/C37H39F9O2/c1-2-3-4-5-22-6-8-23(9-7-22)24-10-12-25(13-11-24)27-19-32(40)35(33(41)20-27)36(42,43)47-28-15-16-29(30(38)21-28)26-14-17-34(31(39)18-26)48-37(44,45)46/h14-25H,2-13H2,1H3. The molecule has 2 aliphatic rings. The Kier molecular flexibility index (Phi) is 11.2. The monoisotopic (exact) mass is 686 g/mol. The summed E-state index contributed by atoms with van der Waals surface area (Å²) in [5, 5.41) is 0. The van der Waals surface area contributed by atoms with Crippen molar-refractivity contribution in [1.82, 2.24) is 0 Å². The second-order valence-corrected chi connectivity index (χ2v) is 13.2. The van der Waals surface area contributed by atoms with Gasteiger partial charge < -0.3 is 9.47 Å². The SMILES string of the molecule is CCCCCC1CCC(C2CCC(c3cc(F)c(C(F)(F)Oc4ccc(-c5ccc(OC(F)(F)F)c(F)c5)c(F)c4)c(F)c3)CC2)CC1. The smallest absolute Gasteiger partial charge is 0.429 e. The van der Waals surface area contributed by atoms with Crippen LogP contribution in [0.1, 0.15) is 101 Å². The van der Waals surface area contributed by atoms with Crippen LogP contribution in [0.5, 0.6) is 11.5 Å². The Balaban J connectivity index is 1.20. The second-order valence-electron chi connectivity index (χ2n) is 13.2. The maximum atomic E-state index is 15.1. The maximum Gasteiger partial charge on any atom is 0.573 e. The second kappa shape index (κ2) is 15.0. The van der Waals surface area contributed by atoms with Crippen LogP contribution < -0.4 is 9.47 Å². The molecular formula is C37H39F9O2. The van der Waals surface area contributed by atoms with Gasteiger partial charge >= 0.3 is 12.5 Å². The number of alkyl halides is 5. The minimum absolute atomic E-state index is 0.153. The summed E-state index contributed by atoms with van der Waals surface area (Å²) in [5.74, 6) is -5.62. The summed E-state index contributed by atoms with van der Waals surface area (Å²) in [6.07, 6.45) is 3.71. The van der Waals surface area contributed by atoms with Gasteiger partial charge in [-0.25, -0.2) is 17.6 Å². The Morgan fingerprint density at radius 2 is 1.27 bits per heavy atom. The van der Waals surface area contributed by atoms with Crippen LogP contribution in [0.4, 0.5) is 39.5 Å². The van der Waals surface area contributed by atoms with Gasteiger partial charge in [-0.05, 0) is 110 Å². The van der Waals surface area contributed by atoms with Crippen molar-refractivity contribution < 1.29 is 49.0 Å². The van der Waals surface area contributed by atoms with Gasteiger partial charge in [0.1, 0.15) is 28.8 Å². The van der Waals surface area contributed by atoms with E-state index >= 15 is 17.6 Å². The minimum Gasteiger partial charge on any atom is -0.429 e. The van der Waals surface area contributed by atoms with Gasteiger partial charge in [-0.2, -0.15) is 8.78 Å². The quantitative estimate of drug-likeness (QED) is 0.148. The van der Waals surface area contributed by atoms with E-state index in [-0.39, 0.29) is 17.0 Å². The van der Waals surface area contributed by atoms with Crippen LogP contribution in [0.2, 0.25) is 0 Å². The first-order chi connectivity index (χ1) is 22.7. The summed E-state index contributed by atoms with van der Waals surface area (Å²) < 4.78 is 135. The van der Waals surface area contributed by atoms with Crippen molar-refractivity contribution in [3.8, 4) is 22.6 Å². The first-order valence-corrected chi connectivity index (χ1v) is 16.7. The summed E-state index contributed by atoms with van der Waals surface area (Å²) in [5.41, 5.74) is -1.86. The van der Waals surface area contributed by atoms with E-state index in [1.54, 1.807) is 0 Å². The van der Waals surface area contributed by atoms with Gasteiger partial charge in [0.25, 0.3) is 0 Å². The van der Waals surface area contributed by atoms with Crippen LogP contribution in [-0.4, -0.2) is 6.36 Å². The fourth-order valence-electron chi connectivity index (χ4n) is 7.53. The van der Waals surface area contributed by atoms with Gasteiger partial charge in [-0.3, -0.25) is 0 Å². The van der Waals surface area contributed by atoms with E-state index < -0.39 is 52.8 Å². The molecule has 5 rings (SSSR count). The summed E-state index contributed by atoms with van der Waals surface area (Å²) in [6.45, 7) is 2.21. The van der Waals surface area contributed by atoms with Crippen molar-refractivity contribution in [3.63, 3.8) is 0 Å². The van der Waals surface area contributed by atoms with E-state index in [1.165, 1.54) is 51.4 Å². The molecule has 2 fully saturated rings. The first-order valence-electron chi connectivity index (χ1n) is 16.7. The first kappa shape index (κ1) is 35.9.